The Balaban J connectivity index is 1.94. The zero-order valence-corrected chi connectivity index (χ0v) is 11.6. The third-order valence-electron chi connectivity index (χ3n) is 2.80. The predicted octanol–water partition coefficient (Wildman–Crippen LogP) is 3.19. The molecule has 1 aliphatic rings. The number of hydrogen-bond acceptors (Lipinski definition) is 6. The summed E-state index contributed by atoms with van der Waals surface area (Å²) in [7, 11) is 0. The number of ether oxygens (including phenoxy) is 1. The molecule has 7 nitrogen and oxygen atoms in total. The van der Waals surface area contributed by atoms with Crippen molar-refractivity contribution in [1.29, 1.82) is 0 Å². The van der Waals surface area contributed by atoms with Gasteiger partial charge in [-0.25, -0.2) is 9.79 Å². The van der Waals surface area contributed by atoms with Crippen molar-refractivity contribution in [2.45, 2.75) is 0 Å². The lowest BCUT2D eigenvalue weighted by Crippen LogP contribution is -2.05. The fourth-order valence-electron chi connectivity index (χ4n) is 1.81. The van der Waals surface area contributed by atoms with E-state index in [1.165, 1.54) is 18.2 Å². The second-order valence-electron chi connectivity index (χ2n) is 4.25. The first-order valence-corrected chi connectivity index (χ1v) is 6.44. The van der Waals surface area contributed by atoms with Gasteiger partial charge >= 0.3 is 11.9 Å². The van der Waals surface area contributed by atoms with Gasteiger partial charge in [0.1, 0.15) is 10.7 Å². The molecule has 0 spiro atoms. The highest BCUT2D eigenvalue weighted by molar-refractivity contribution is 6.34. The number of carbonyl (C=O) groups excluding carboxylic acids is 1. The first-order valence-electron chi connectivity index (χ1n) is 6.06. The third kappa shape index (κ3) is 2.61. The van der Waals surface area contributed by atoms with E-state index in [0.29, 0.717) is 10.6 Å². The van der Waals surface area contributed by atoms with Crippen LogP contribution < -0.4 is 0 Å². The number of hydrogen-bond donors (Lipinski definition) is 0. The number of aliphatic imine (C=N–C) groups is 1. The Labute approximate surface area is 128 Å². The van der Waals surface area contributed by atoms with Crippen molar-refractivity contribution in [1.82, 2.24) is 0 Å². The average Bonchev–Trinajstić information content (AvgIpc) is 3.08. The molecule has 0 saturated heterocycles. The number of nitrogens with zero attached hydrogens (tertiary/aromatic N) is 2. The van der Waals surface area contributed by atoms with Crippen LogP contribution in [0, 0.1) is 10.1 Å². The average molecular weight is 319 g/mol. The molecule has 3 rings (SSSR count). The molecular weight excluding hydrogens is 312 g/mol. The first kappa shape index (κ1) is 14.0. The van der Waals surface area contributed by atoms with Crippen LogP contribution in [0.4, 0.5) is 5.88 Å². The minimum atomic E-state index is -0.686. The Morgan fingerprint density at radius 3 is 2.68 bits per heavy atom. The number of esters is 1. The third-order valence-corrected chi connectivity index (χ3v) is 3.13. The van der Waals surface area contributed by atoms with E-state index in [9.17, 15) is 14.9 Å². The van der Waals surface area contributed by atoms with Crippen LogP contribution in [0.25, 0.3) is 6.08 Å². The van der Waals surface area contributed by atoms with Gasteiger partial charge in [0, 0.05) is 6.08 Å². The van der Waals surface area contributed by atoms with E-state index < -0.39 is 16.8 Å². The van der Waals surface area contributed by atoms with E-state index in [1.807, 2.05) is 0 Å². The first-order chi connectivity index (χ1) is 10.5. The Hall–Kier alpha value is -2.93. The fourth-order valence-corrected chi connectivity index (χ4v) is 2.03. The molecule has 1 aliphatic heterocycles. The number of halogens is 1. The molecule has 0 unspecified atom stereocenters. The lowest BCUT2D eigenvalue weighted by atomic mass is 10.2. The lowest BCUT2D eigenvalue weighted by Gasteiger charge is -2.00. The number of carbonyl (C=O) groups is 1. The van der Waals surface area contributed by atoms with Gasteiger partial charge in [0.15, 0.2) is 5.70 Å². The minimum Gasteiger partial charge on any atom is -0.402 e. The maximum absolute atomic E-state index is 11.8. The van der Waals surface area contributed by atoms with Gasteiger partial charge in [-0.05, 0) is 18.2 Å². The number of benzene rings is 1. The van der Waals surface area contributed by atoms with Crippen LogP contribution in [0.2, 0.25) is 5.02 Å². The predicted molar refractivity (Wildman–Crippen MR) is 77.4 cm³/mol. The van der Waals surface area contributed by atoms with Crippen molar-refractivity contribution >= 4 is 35.4 Å². The molecule has 2 aromatic rings. The molecule has 0 fully saturated rings. The number of cyclic esters (lactones) is 1. The summed E-state index contributed by atoms with van der Waals surface area (Å²) in [6.07, 6.45) is 1.26. The Morgan fingerprint density at radius 1 is 1.23 bits per heavy atom. The van der Waals surface area contributed by atoms with Gasteiger partial charge in [-0.2, -0.15) is 0 Å². The minimum absolute atomic E-state index is 0.0285. The summed E-state index contributed by atoms with van der Waals surface area (Å²) >= 11 is 6.01. The summed E-state index contributed by atoms with van der Waals surface area (Å²) in [5.41, 5.74) is 0.450. The SMILES string of the molecule is O=C1OC(c2ccccc2Cl)=N/C1=C\c1ccc([N+](=O)[O-])o1. The lowest BCUT2D eigenvalue weighted by molar-refractivity contribution is -0.402. The normalized spacial score (nSPS) is 15.8. The summed E-state index contributed by atoms with van der Waals surface area (Å²) in [6.45, 7) is 0. The van der Waals surface area contributed by atoms with E-state index in [4.69, 9.17) is 20.8 Å². The van der Waals surface area contributed by atoms with Crippen molar-refractivity contribution in [2.24, 2.45) is 4.99 Å². The summed E-state index contributed by atoms with van der Waals surface area (Å²) in [5, 5.41) is 10.9. The highest BCUT2D eigenvalue weighted by Gasteiger charge is 2.26. The van der Waals surface area contributed by atoms with Crippen LogP contribution in [-0.2, 0) is 9.53 Å². The van der Waals surface area contributed by atoms with Crippen LogP contribution in [0.3, 0.4) is 0 Å². The second kappa shape index (κ2) is 5.45. The van der Waals surface area contributed by atoms with E-state index in [1.54, 1.807) is 24.3 Å². The largest absolute Gasteiger partial charge is 0.433 e. The molecule has 0 aliphatic carbocycles. The maximum Gasteiger partial charge on any atom is 0.433 e. The topological polar surface area (TPSA) is 94.9 Å². The monoisotopic (exact) mass is 318 g/mol. The maximum atomic E-state index is 11.8. The Kier molecular flexibility index (Phi) is 3.48. The van der Waals surface area contributed by atoms with Crippen LogP contribution in [-0.4, -0.2) is 16.8 Å². The molecule has 0 bridgehead atoms. The molecule has 110 valence electrons. The molecule has 8 heteroatoms. The van der Waals surface area contributed by atoms with E-state index in [-0.39, 0.29) is 17.4 Å². The Bertz CT molecular complexity index is 837. The molecule has 0 amide bonds. The number of furan rings is 1. The van der Waals surface area contributed by atoms with Crippen LogP contribution in [0.15, 0.2) is 51.5 Å². The van der Waals surface area contributed by atoms with E-state index in [2.05, 4.69) is 4.99 Å². The summed E-state index contributed by atoms with van der Waals surface area (Å²) in [6, 6.07) is 9.32. The molecule has 1 aromatic carbocycles. The quantitative estimate of drug-likeness (QED) is 0.375. The molecule has 0 saturated carbocycles. The van der Waals surface area contributed by atoms with Gasteiger partial charge in [0.05, 0.1) is 16.7 Å². The van der Waals surface area contributed by atoms with Crippen LogP contribution >= 0.6 is 11.6 Å². The molecular formula is C14H7ClN2O5. The van der Waals surface area contributed by atoms with Gasteiger partial charge in [-0.15, -0.1) is 0 Å². The van der Waals surface area contributed by atoms with Crippen molar-refractivity contribution in [3.05, 3.63) is 68.6 Å². The second-order valence-corrected chi connectivity index (χ2v) is 4.66. The highest BCUT2D eigenvalue weighted by Crippen LogP contribution is 2.25. The van der Waals surface area contributed by atoms with Crippen molar-refractivity contribution in [2.75, 3.05) is 0 Å². The highest BCUT2D eigenvalue weighted by atomic mass is 35.5. The number of nitro groups is 1. The summed E-state index contributed by atoms with van der Waals surface area (Å²) in [5.74, 6) is -0.909. The molecule has 2 heterocycles. The molecule has 0 N–H and O–H groups in total. The van der Waals surface area contributed by atoms with Crippen LogP contribution in [0.5, 0.6) is 0 Å². The summed E-state index contributed by atoms with van der Waals surface area (Å²) < 4.78 is 9.99. The van der Waals surface area contributed by atoms with Gasteiger partial charge in [0.2, 0.25) is 5.90 Å². The smallest absolute Gasteiger partial charge is 0.402 e. The molecule has 22 heavy (non-hydrogen) atoms. The zero-order valence-electron chi connectivity index (χ0n) is 10.9. The molecule has 0 radical (unpaired) electrons. The van der Waals surface area contributed by atoms with E-state index in [0.717, 1.165) is 0 Å². The van der Waals surface area contributed by atoms with Gasteiger partial charge in [-0.3, -0.25) is 10.1 Å². The Morgan fingerprint density at radius 2 is 2.00 bits per heavy atom. The molecule has 0 atom stereocenters. The van der Waals surface area contributed by atoms with Crippen molar-refractivity contribution in [3.63, 3.8) is 0 Å². The van der Waals surface area contributed by atoms with Crippen molar-refractivity contribution in [3.8, 4) is 0 Å². The van der Waals surface area contributed by atoms with Crippen LogP contribution in [0.1, 0.15) is 11.3 Å². The molecule has 1 aromatic heterocycles. The fraction of sp³-hybridized carbons (Fsp3) is 0. The zero-order chi connectivity index (χ0) is 15.7. The van der Waals surface area contributed by atoms with E-state index >= 15 is 0 Å². The standard InChI is InChI=1S/C14H7ClN2O5/c15-10-4-2-1-3-9(10)13-16-11(14(18)22-13)7-8-5-6-12(21-8)17(19)20/h1-7H/b11-7-. The summed E-state index contributed by atoms with van der Waals surface area (Å²) in [4.78, 5) is 25.7. The van der Waals surface area contributed by atoms with Gasteiger partial charge < -0.3 is 9.15 Å². The van der Waals surface area contributed by atoms with Gasteiger partial charge in [0.25, 0.3) is 0 Å². The van der Waals surface area contributed by atoms with Gasteiger partial charge in [-0.1, -0.05) is 23.7 Å². The number of rotatable bonds is 3. The van der Waals surface area contributed by atoms with Crippen molar-refractivity contribution < 1.29 is 18.9 Å².